The molecular formula is C17H24N2O2. The number of nitrogens with zero attached hydrogens (tertiary/aromatic N) is 1. The van der Waals surface area contributed by atoms with E-state index in [9.17, 15) is 4.79 Å². The van der Waals surface area contributed by atoms with Crippen LogP contribution in [-0.4, -0.2) is 19.1 Å². The van der Waals surface area contributed by atoms with Crippen LogP contribution in [0.5, 0.6) is 0 Å². The van der Waals surface area contributed by atoms with Gasteiger partial charge in [0.15, 0.2) is 0 Å². The van der Waals surface area contributed by atoms with E-state index >= 15 is 0 Å². The minimum absolute atomic E-state index is 0.0870. The van der Waals surface area contributed by atoms with E-state index in [0.29, 0.717) is 24.3 Å². The van der Waals surface area contributed by atoms with E-state index in [1.165, 1.54) is 25.7 Å². The van der Waals surface area contributed by atoms with Crippen LogP contribution in [0.2, 0.25) is 0 Å². The number of rotatable bonds is 10. The Morgan fingerprint density at radius 3 is 2.81 bits per heavy atom. The largest absolute Gasteiger partial charge is 0.381 e. The molecule has 0 saturated heterocycles. The highest BCUT2D eigenvalue weighted by Crippen LogP contribution is 2.10. The number of benzene rings is 1. The van der Waals surface area contributed by atoms with Gasteiger partial charge >= 0.3 is 0 Å². The SMILES string of the molecule is CCCCCCCOCCC(=O)Nc1cccc(C#N)c1. The van der Waals surface area contributed by atoms with Crippen molar-refractivity contribution in [3.05, 3.63) is 29.8 Å². The van der Waals surface area contributed by atoms with Crippen molar-refractivity contribution >= 4 is 11.6 Å². The maximum absolute atomic E-state index is 11.7. The summed E-state index contributed by atoms with van der Waals surface area (Å²) >= 11 is 0. The maximum Gasteiger partial charge on any atom is 0.226 e. The van der Waals surface area contributed by atoms with Crippen molar-refractivity contribution in [1.29, 1.82) is 5.26 Å². The fourth-order valence-corrected chi connectivity index (χ4v) is 1.96. The zero-order valence-corrected chi connectivity index (χ0v) is 12.7. The first-order valence-corrected chi connectivity index (χ1v) is 7.64. The van der Waals surface area contributed by atoms with Crippen LogP contribution >= 0.6 is 0 Å². The van der Waals surface area contributed by atoms with Gasteiger partial charge in [0.25, 0.3) is 0 Å². The molecule has 0 spiro atoms. The number of carbonyl (C=O) groups is 1. The molecule has 0 bridgehead atoms. The third kappa shape index (κ3) is 8.11. The fraction of sp³-hybridized carbons (Fsp3) is 0.529. The minimum atomic E-state index is -0.0870. The monoisotopic (exact) mass is 288 g/mol. The van der Waals surface area contributed by atoms with E-state index in [1.54, 1.807) is 24.3 Å². The summed E-state index contributed by atoms with van der Waals surface area (Å²) in [6, 6.07) is 8.93. The van der Waals surface area contributed by atoms with E-state index in [0.717, 1.165) is 13.0 Å². The predicted octanol–water partition coefficient (Wildman–Crippen LogP) is 3.87. The first-order chi connectivity index (χ1) is 10.3. The summed E-state index contributed by atoms with van der Waals surface area (Å²) < 4.78 is 5.45. The molecule has 1 N–H and O–H groups in total. The smallest absolute Gasteiger partial charge is 0.226 e. The standard InChI is InChI=1S/C17H24N2O2/c1-2-3-4-5-6-11-21-12-10-17(20)19-16-9-7-8-15(13-16)14-18/h7-9,13H,2-6,10-12H2,1H3,(H,19,20). The van der Waals surface area contributed by atoms with Gasteiger partial charge in [0.1, 0.15) is 0 Å². The summed E-state index contributed by atoms with van der Waals surface area (Å²) in [7, 11) is 0. The molecule has 0 radical (unpaired) electrons. The Labute approximate surface area is 127 Å². The molecule has 21 heavy (non-hydrogen) atoms. The normalized spacial score (nSPS) is 10.1. The molecule has 0 saturated carbocycles. The van der Waals surface area contributed by atoms with Gasteiger partial charge in [-0.05, 0) is 24.6 Å². The van der Waals surface area contributed by atoms with E-state index in [-0.39, 0.29) is 5.91 Å². The zero-order chi connectivity index (χ0) is 15.3. The minimum Gasteiger partial charge on any atom is -0.381 e. The van der Waals surface area contributed by atoms with Crippen LogP contribution in [-0.2, 0) is 9.53 Å². The highest BCUT2D eigenvalue weighted by atomic mass is 16.5. The van der Waals surface area contributed by atoms with Crippen LogP contribution in [0.25, 0.3) is 0 Å². The van der Waals surface area contributed by atoms with Crippen LogP contribution in [0, 0.1) is 11.3 Å². The molecule has 1 aromatic rings. The van der Waals surface area contributed by atoms with Gasteiger partial charge in [0.2, 0.25) is 5.91 Å². The molecule has 0 aliphatic heterocycles. The number of nitrogens with one attached hydrogen (secondary N) is 1. The summed E-state index contributed by atoms with van der Waals surface area (Å²) in [4.78, 5) is 11.7. The molecule has 0 aliphatic rings. The maximum atomic E-state index is 11.7. The van der Waals surface area contributed by atoms with E-state index in [1.807, 2.05) is 6.07 Å². The molecule has 4 nitrogen and oxygen atoms in total. The van der Waals surface area contributed by atoms with Gasteiger partial charge in [-0.1, -0.05) is 38.7 Å². The van der Waals surface area contributed by atoms with Crippen LogP contribution < -0.4 is 5.32 Å². The van der Waals surface area contributed by atoms with Gasteiger partial charge in [-0.15, -0.1) is 0 Å². The van der Waals surface area contributed by atoms with Crippen LogP contribution in [0.15, 0.2) is 24.3 Å². The summed E-state index contributed by atoms with van der Waals surface area (Å²) in [5, 5.41) is 11.6. The first kappa shape index (κ1) is 17.2. The molecule has 0 unspecified atom stereocenters. The van der Waals surface area contributed by atoms with Crippen LogP contribution in [0.3, 0.4) is 0 Å². The third-order valence-electron chi connectivity index (χ3n) is 3.14. The predicted molar refractivity (Wildman–Crippen MR) is 84.0 cm³/mol. The molecule has 0 aromatic heterocycles. The first-order valence-electron chi connectivity index (χ1n) is 7.64. The van der Waals surface area contributed by atoms with Crippen LogP contribution in [0.1, 0.15) is 51.0 Å². The van der Waals surface area contributed by atoms with Crippen molar-refractivity contribution in [2.24, 2.45) is 0 Å². The Morgan fingerprint density at radius 1 is 1.24 bits per heavy atom. The molecule has 4 heteroatoms. The van der Waals surface area contributed by atoms with Gasteiger partial charge in [0, 0.05) is 12.3 Å². The molecule has 1 rings (SSSR count). The Hall–Kier alpha value is -1.86. The Bertz CT molecular complexity index is 466. The second kappa shape index (κ2) is 10.9. The molecular weight excluding hydrogens is 264 g/mol. The quantitative estimate of drug-likeness (QED) is 0.665. The van der Waals surface area contributed by atoms with Crippen molar-refractivity contribution in [2.75, 3.05) is 18.5 Å². The Balaban J connectivity index is 2.10. The van der Waals surface area contributed by atoms with Gasteiger partial charge in [0.05, 0.1) is 24.7 Å². The van der Waals surface area contributed by atoms with Gasteiger partial charge < -0.3 is 10.1 Å². The van der Waals surface area contributed by atoms with Crippen molar-refractivity contribution in [1.82, 2.24) is 0 Å². The van der Waals surface area contributed by atoms with E-state index in [2.05, 4.69) is 12.2 Å². The second-order valence-corrected chi connectivity index (χ2v) is 5.02. The third-order valence-corrected chi connectivity index (χ3v) is 3.14. The Morgan fingerprint density at radius 2 is 2.05 bits per heavy atom. The molecule has 0 aliphatic carbocycles. The summed E-state index contributed by atoms with van der Waals surface area (Å²) in [6.07, 6.45) is 6.38. The lowest BCUT2D eigenvalue weighted by atomic mass is 10.2. The number of hydrogen-bond acceptors (Lipinski definition) is 3. The lowest BCUT2D eigenvalue weighted by molar-refractivity contribution is -0.117. The molecule has 0 fully saturated rings. The number of nitriles is 1. The second-order valence-electron chi connectivity index (χ2n) is 5.02. The van der Waals surface area contributed by atoms with Crippen molar-refractivity contribution in [3.8, 4) is 6.07 Å². The molecule has 0 atom stereocenters. The highest BCUT2D eigenvalue weighted by Gasteiger charge is 2.03. The van der Waals surface area contributed by atoms with Crippen molar-refractivity contribution in [3.63, 3.8) is 0 Å². The van der Waals surface area contributed by atoms with E-state index in [4.69, 9.17) is 10.00 Å². The number of ether oxygens (including phenoxy) is 1. The van der Waals surface area contributed by atoms with E-state index < -0.39 is 0 Å². The van der Waals surface area contributed by atoms with Gasteiger partial charge in [-0.3, -0.25) is 4.79 Å². The lowest BCUT2D eigenvalue weighted by Gasteiger charge is -2.06. The molecule has 1 amide bonds. The average molecular weight is 288 g/mol. The Kier molecular flexibility index (Phi) is 8.90. The van der Waals surface area contributed by atoms with Crippen LogP contribution in [0.4, 0.5) is 5.69 Å². The molecule has 114 valence electrons. The fourth-order valence-electron chi connectivity index (χ4n) is 1.96. The number of anilines is 1. The number of amides is 1. The summed E-state index contributed by atoms with van der Waals surface area (Å²) in [5.74, 6) is -0.0870. The van der Waals surface area contributed by atoms with Gasteiger partial charge in [-0.2, -0.15) is 5.26 Å². The molecule has 0 heterocycles. The van der Waals surface area contributed by atoms with Gasteiger partial charge in [-0.25, -0.2) is 0 Å². The average Bonchev–Trinajstić information content (AvgIpc) is 2.50. The zero-order valence-electron chi connectivity index (χ0n) is 12.7. The summed E-state index contributed by atoms with van der Waals surface area (Å²) in [6.45, 7) is 3.36. The topological polar surface area (TPSA) is 62.1 Å². The number of carbonyl (C=O) groups excluding carboxylic acids is 1. The van der Waals surface area contributed by atoms with Crippen molar-refractivity contribution < 1.29 is 9.53 Å². The molecule has 1 aromatic carbocycles. The van der Waals surface area contributed by atoms with Crippen molar-refractivity contribution in [2.45, 2.75) is 45.4 Å². The highest BCUT2D eigenvalue weighted by molar-refractivity contribution is 5.90. The summed E-state index contributed by atoms with van der Waals surface area (Å²) in [5.41, 5.74) is 1.19. The number of unbranched alkanes of at least 4 members (excludes halogenated alkanes) is 4. The number of hydrogen-bond donors (Lipinski definition) is 1. The lowest BCUT2D eigenvalue weighted by Crippen LogP contribution is -2.14.